The molecule has 34 heavy (non-hydrogen) atoms. The van der Waals surface area contributed by atoms with Crippen LogP contribution in [0.15, 0.2) is 24.4 Å². The van der Waals surface area contributed by atoms with Crippen LogP contribution in [0.3, 0.4) is 0 Å². The molecule has 0 unspecified atom stereocenters. The second kappa shape index (κ2) is 10.7. The fourth-order valence-electron chi connectivity index (χ4n) is 4.96. The highest BCUT2D eigenvalue weighted by molar-refractivity contribution is 6.32. The highest BCUT2D eigenvalue weighted by Crippen LogP contribution is 2.38. The number of aromatic amines is 1. The number of hydrogen-bond donors (Lipinski definition) is 3. The van der Waals surface area contributed by atoms with Gasteiger partial charge in [0.15, 0.2) is 11.6 Å². The van der Waals surface area contributed by atoms with E-state index in [1.54, 1.807) is 6.07 Å². The molecule has 0 radical (unpaired) electrons. The van der Waals surface area contributed by atoms with E-state index < -0.39 is 0 Å². The van der Waals surface area contributed by atoms with Gasteiger partial charge in [-0.15, -0.1) is 0 Å². The first-order valence-corrected chi connectivity index (χ1v) is 12.4. The van der Waals surface area contributed by atoms with E-state index in [0.29, 0.717) is 34.3 Å². The molecule has 0 amide bonds. The summed E-state index contributed by atoms with van der Waals surface area (Å²) in [5.74, 6) is 1.33. The van der Waals surface area contributed by atoms with Crippen LogP contribution in [-0.4, -0.2) is 44.2 Å². The zero-order valence-electron chi connectivity index (χ0n) is 20.3. The van der Waals surface area contributed by atoms with Crippen LogP contribution >= 0.6 is 11.6 Å². The molecule has 0 saturated heterocycles. The maximum atomic E-state index is 15.1. The van der Waals surface area contributed by atoms with Crippen LogP contribution in [0.2, 0.25) is 5.02 Å². The molecular weight excluding hydrogens is 453 g/mol. The van der Waals surface area contributed by atoms with Crippen molar-refractivity contribution in [2.45, 2.75) is 65.3 Å². The summed E-state index contributed by atoms with van der Waals surface area (Å²) in [5.41, 5.74) is 3.44. The Balaban J connectivity index is 1.47. The molecule has 0 bridgehead atoms. The summed E-state index contributed by atoms with van der Waals surface area (Å²) in [4.78, 5) is 11.2. The molecule has 4 rings (SSSR count). The summed E-state index contributed by atoms with van der Waals surface area (Å²) in [6.45, 7) is 10.6. The molecule has 0 atom stereocenters. The van der Waals surface area contributed by atoms with Crippen LogP contribution < -0.4 is 10.6 Å². The third kappa shape index (κ3) is 5.50. The molecule has 3 aromatic rings. The highest BCUT2D eigenvalue weighted by atomic mass is 35.5. The molecule has 182 valence electrons. The Kier molecular flexibility index (Phi) is 7.68. The Hall–Kier alpha value is -2.71. The monoisotopic (exact) mass is 485 g/mol. The number of halogens is 2. The first-order chi connectivity index (χ1) is 16.4. The molecule has 2 aromatic heterocycles. The lowest BCUT2D eigenvalue weighted by Gasteiger charge is -2.36. The van der Waals surface area contributed by atoms with Crippen LogP contribution in [0, 0.1) is 19.7 Å². The standard InChI is InChI=1S/C25H33ClFN7/c1-5-34(6-2)18-9-7-17(8-10-18)19-13-21(27)22(11-15(19)3)29-25-28-14-20(26)24(31-25)30-23-12-16(4)32-33-23/h11-14,17-18H,5-10H2,1-4H3,(H3,28,29,30,31,32,33). The molecule has 2 heterocycles. The van der Waals surface area contributed by atoms with Gasteiger partial charge in [0, 0.05) is 17.8 Å². The Morgan fingerprint density at radius 3 is 2.47 bits per heavy atom. The number of aryl methyl sites for hydroxylation is 2. The molecular formula is C25H33ClFN7. The molecule has 1 aromatic carbocycles. The van der Waals surface area contributed by atoms with Gasteiger partial charge in [-0.25, -0.2) is 9.37 Å². The van der Waals surface area contributed by atoms with E-state index in [-0.39, 0.29) is 11.8 Å². The first kappa shape index (κ1) is 24.4. The number of aromatic nitrogens is 4. The van der Waals surface area contributed by atoms with Crippen molar-refractivity contribution in [3.8, 4) is 0 Å². The van der Waals surface area contributed by atoms with Gasteiger partial charge in [-0.2, -0.15) is 10.1 Å². The maximum Gasteiger partial charge on any atom is 0.229 e. The van der Waals surface area contributed by atoms with Crippen molar-refractivity contribution >= 4 is 34.9 Å². The molecule has 1 aliphatic rings. The van der Waals surface area contributed by atoms with E-state index in [1.807, 2.05) is 26.0 Å². The predicted molar refractivity (Wildman–Crippen MR) is 136 cm³/mol. The van der Waals surface area contributed by atoms with Gasteiger partial charge in [0.2, 0.25) is 5.95 Å². The van der Waals surface area contributed by atoms with Crippen molar-refractivity contribution in [1.29, 1.82) is 0 Å². The van der Waals surface area contributed by atoms with Crippen LogP contribution in [0.25, 0.3) is 0 Å². The fourth-order valence-corrected chi connectivity index (χ4v) is 5.10. The van der Waals surface area contributed by atoms with Crippen molar-refractivity contribution in [3.05, 3.63) is 52.1 Å². The minimum Gasteiger partial charge on any atom is -0.322 e. The number of H-pyrrole nitrogens is 1. The smallest absolute Gasteiger partial charge is 0.229 e. The summed E-state index contributed by atoms with van der Waals surface area (Å²) in [6, 6.07) is 6.01. The zero-order valence-corrected chi connectivity index (χ0v) is 21.0. The van der Waals surface area contributed by atoms with Crippen molar-refractivity contribution in [2.75, 3.05) is 23.7 Å². The van der Waals surface area contributed by atoms with Crippen molar-refractivity contribution < 1.29 is 4.39 Å². The third-order valence-corrected chi connectivity index (χ3v) is 7.04. The van der Waals surface area contributed by atoms with Crippen molar-refractivity contribution in [1.82, 2.24) is 25.1 Å². The lowest BCUT2D eigenvalue weighted by atomic mass is 9.79. The summed E-state index contributed by atoms with van der Waals surface area (Å²) < 4.78 is 15.1. The van der Waals surface area contributed by atoms with Gasteiger partial charge < -0.3 is 15.5 Å². The quantitative estimate of drug-likeness (QED) is 0.339. The molecule has 0 spiro atoms. The Labute approximate surface area is 205 Å². The molecule has 7 nitrogen and oxygen atoms in total. The predicted octanol–water partition coefficient (Wildman–Crippen LogP) is 6.46. The number of benzene rings is 1. The second-order valence-corrected chi connectivity index (χ2v) is 9.40. The van der Waals surface area contributed by atoms with E-state index in [9.17, 15) is 0 Å². The SMILES string of the molecule is CCN(CC)C1CCC(c2cc(F)c(Nc3ncc(Cl)c(Nc4cc(C)[nH]n4)n3)cc2C)CC1. The molecule has 1 aliphatic carbocycles. The number of hydrogen-bond acceptors (Lipinski definition) is 6. The van der Waals surface area contributed by atoms with E-state index in [4.69, 9.17) is 11.6 Å². The zero-order chi connectivity index (χ0) is 24.2. The summed E-state index contributed by atoms with van der Waals surface area (Å²) in [6.07, 6.45) is 5.99. The maximum absolute atomic E-state index is 15.1. The summed E-state index contributed by atoms with van der Waals surface area (Å²) in [7, 11) is 0. The Morgan fingerprint density at radius 2 is 1.82 bits per heavy atom. The summed E-state index contributed by atoms with van der Waals surface area (Å²) >= 11 is 6.24. The lowest BCUT2D eigenvalue weighted by Crippen LogP contribution is -2.37. The molecule has 3 N–H and O–H groups in total. The third-order valence-electron chi connectivity index (χ3n) is 6.76. The van der Waals surface area contributed by atoms with Crippen LogP contribution in [-0.2, 0) is 0 Å². The van der Waals surface area contributed by atoms with E-state index >= 15 is 4.39 Å². The Bertz CT molecular complexity index is 1120. The minimum atomic E-state index is -0.303. The number of nitrogens with zero attached hydrogens (tertiary/aromatic N) is 4. The molecule has 1 saturated carbocycles. The molecule has 9 heteroatoms. The van der Waals surface area contributed by atoms with Crippen LogP contribution in [0.5, 0.6) is 0 Å². The number of rotatable bonds is 8. The van der Waals surface area contributed by atoms with Crippen LogP contribution in [0.1, 0.15) is 62.3 Å². The topological polar surface area (TPSA) is 81.8 Å². The van der Waals surface area contributed by atoms with Crippen LogP contribution in [0.4, 0.5) is 27.7 Å². The van der Waals surface area contributed by atoms with Crippen molar-refractivity contribution in [3.63, 3.8) is 0 Å². The van der Waals surface area contributed by atoms with Gasteiger partial charge in [0.25, 0.3) is 0 Å². The number of nitrogens with one attached hydrogen (secondary N) is 3. The summed E-state index contributed by atoms with van der Waals surface area (Å²) in [5, 5.41) is 13.4. The Morgan fingerprint density at radius 1 is 1.09 bits per heavy atom. The van der Waals surface area contributed by atoms with Gasteiger partial charge >= 0.3 is 0 Å². The average molecular weight is 486 g/mol. The largest absolute Gasteiger partial charge is 0.322 e. The minimum absolute atomic E-state index is 0.255. The van der Waals surface area contributed by atoms with Gasteiger partial charge in [-0.1, -0.05) is 25.4 Å². The van der Waals surface area contributed by atoms with Crippen molar-refractivity contribution in [2.24, 2.45) is 0 Å². The molecule has 1 fully saturated rings. The van der Waals surface area contributed by atoms with E-state index in [0.717, 1.165) is 55.6 Å². The van der Waals surface area contributed by atoms with E-state index in [1.165, 1.54) is 6.20 Å². The van der Waals surface area contributed by atoms with Gasteiger partial charge in [-0.3, -0.25) is 5.10 Å². The highest BCUT2D eigenvalue weighted by Gasteiger charge is 2.27. The molecule has 0 aliphatic heterocycles. The average Bonchev–Trinajstić information content (AvgIpc) is 3.24. The first-order valence-electron chi connectivity index (χ1n) is 12.0. The second-order valence-electron chi connectivity index (χ2n) is 8.99. The van der Waals surface area contributed by atoms with Gasteiger partial charge in [0.1, 0.15) is 10.8 Å². The van der Waals surface area contributed by atoms with Gasteiger partial charge in [-0.05, 0) is 81.8 Å². The van der Waals surface area contributed by atoms with Gasteiger partial charge in [0.05, 0.1) is 11.9 Å². The fraction of sp³-hybridized carbons (Fsp3) is 0.480. The van der Waals surface area contributed by atoms with E-state index in [2.05, 4.69) is 49.5 Å². The lowest BCUT2D eigenvalue weighted by molar-refractivity contribution is 0.163. The normalized spacial score (nSPS) is 18.3. The number of anilines is 4.